The second-order valence-electron chi connectivity index (χ2n) is 7.63. The lowest BCUT2D eigenvalue weighted by Crippen LogP contribution is -2.45. The Morgan fingerprint density at radius 1 is 1.34 bits per heavy atom. The van der Waals surface area contributed by atoms with E-state index in [1.165, 1.54) is 17.2 Å². The zero-order chi connectivity index (χ0) is 23.3. The molecule has 0 saturated heterocycles. The smallest absolute Gasteiger partial charge is 0.305 e. The normalized spacial score (nSPS) is 13.7. The number of rotatable bonds is 10. The number of nitrogens with two attached hydrogens (primary N) is 1. The van der Waals surface area contributed by atoms with Gasteiger partial charge in [-0.1, -0.05) is 19.4 Å². The van der Waals surface area contributed by atoms with E-state index in [4.69, 9.17) is 10.5 Å². The standard InChI is InChI=1S/C23H26FN3O5/c1-2-3-10-32-19(29)7-6-18(22(25)30)27-12-16-11-14(4-5-17(16)23(27)31)21-20(24)15(13-28)8-9-26-21/h4-5,8-9,11,18,28H,2-3,6-7,10,12-13H2,1H3,(H2,25,30). The zero-order valence-corrected chi connectivity index (χ0v) is 17.8. The Morgan fingerprint density at radius 2 is 2.12 bits per heavy atom. The number of aliphatic hydroxyl groups excluding tert-OH is 1. The lowest BCUT2D eigenvalue weighted by Gasteiger charge is -2.24. The number of aliphatic hydroxyl groups is 1. The molecule has 3 rings (SSSR count). The van der Waals surface area contributed by atoms with Gasteiger partial charge in [-0.05, 0) is 36.6 Å². The van der Waals surface area contributed by atoms with Crippen molar-refractivity contribution >= 4 is 17.8 Å². The Morgan fingerprint density at radius 3 is 2.81 bits per heavy atom. The van der Waals surface area contributed by atoms with Gasteiger partial charge in [0.2, 0.25) is 5.91 Å². The van der Waals surface area contributed by atoms with E-state index in [1.807, 2.05) is 6.92 Å². The predicted octanol–water partition coefficient (Wildman–Crippen LogP) is 2.31. The molecule has 1 atom stereocenters. The van der Waals surface area contributed by atoms with E-state index in [0.717, 1.165) is 12.8 Å². The van der Waals surface area contributed by atoms with Crippen molar-refractivity contribution in [1.29, 1.82) is 0 Å². The van der Waals surface area contributed by atoms with Crippen molar-refractivity contribution in [3.63, 3.8) is 0 Å². The van der Waals surface area contributed by atoms with Crippen LogP contribution in [0.5, 0.6) is 0 Å². The van der Waals surface area contributed by atoms with Gasteiger partial charge in [0.15, 0.2) is 5.82 Å². The number of ether oxygens (including phenoxy) is 1. The van der Waals surface area contributed by atoms with Gasteiger partial charge in [0.05, 0.1) is 13.2 Å². The van der Waals surface area contributed by atoms with Crippen LogP contribution in [-0.2, 0) is 27.5 Å². The molecule has 8 nitrogen and oxygen atoms in total. The topological polar surface area (TPSA) is 123 Å². The van der Waals surface area contributed by atoms with E-state index >= 15 is 0 Å². The summed E-state index contributed by atoms with van der Waals surface area (Å²) >= 11 is 0. The van der Waals surface area contributed by atoms with Crippen molar-refractivity contribution < 1.29 is 28.6 Å². The van der Waals surface area contributed by atoms with Gasteiger partial charge in [-0.15, -0.1) is 0 Å². The molecular weight excluding hydrogens is 417 g/mol. The number of carbonyl (C=O) groups excluding carboxylic acids is 3. The second-order valence-corrected chi connectivity index (χ2v) is 7.63. The largest absolute Gasteiger partial charge is 0.466 e. The first-order chi connectivity index (χ1) is 15.4. The molecule has 2 aromatic rings. The van der Waals surface area contributed by atoms with Gasteiger partial charge in [0.1, 0.15) is 11.7 Å². The van der Waals surface area contributed by atoms with E-state index in [1.54, 1.807) is 18.2 Å². The molecule has 0 aliphatic carbocycles. The minimum atomic E-state index is -0.968. The molecule has 9 heteroatoms. The molecule has 0 saturated carbocycles. The number of hydrogen-bond donors (Lipinski definition) is 2. The van der Waals surface area contributed by atoms with E-state index in [9.17, 15) is 23.9 Å². The first-order valence-corrected chi connectivity index (χ1v) is 10.5. The molecule has 0 bridgehead atoms. The monoisotopic (exact) mass is 443 g/mol. The molecule has 1 aliphatic rings. The summed E-state index contributed by atoms with van der Waals surface area (Å²) in [7, 11) is 0. The van der Waals surface area contributed by atoms with Crippen LogP contribution in [-0.4, -0.2) is 45.4 Å². The minimum absolute atomic E-state index is 0.0359. The third kappa shape index (κ3) is 4.94. The highest BCUT2D eigenvalue weighted by Gasteiger charge is 2.36. The quantitative estimate of drug-likeness (QED) is 0.429. The lowest BCUT2D eigenvalue weighted by molar-refractivity contribution is -0.144. The van der Waals surface area contributed by atoms with Crippen LogP contribution in [0.2, 0.25) is 0 Å². The van der Waals surface area contributed by atoms with Crippen LogP contribution in [0.4, 0.5) is 4.39 Å². The maximum Gasteiger partial charge on any atom is 0.305 e. The highest BCUT2D eigenvalue weighted by molar-refractivity contribution is 6.01. The summed E-state index contributed by atoms with van der Waals surface area (Å²) in [5, 5.41) is 9.28. The average molecular weight is 443 g/mol. The summed E-state index contributed by atoms with van der Waals surface area (Å²) < 4.78 is 19.7. The molecule has 2 amide bonds. The van der Waals surface area contributed by atoms with Crippen LogP contribution in [0.3, 0.4) is 0 Å². The molecule has 3 N–H and O–H groups in total. The summed E-state index contributed by atoms with van der Waals surface area (Å²) in [5.74, 6) is -2.17. The fraction of sp³-hybridized carbons (Fsp3) is 0.391. The van der Waals surface area contributed by atoms with E-state index in [-0.39, 0.29) is 36.6 Å². The molecule has 170 valence electrons. The number of carbonyl (C=O) groups is 3. The fourth-order valence-corrected chi connectivity index (χ4v) is 3.66. The minimum Gasteiger partial charge on any atom is -0.466 e. The molecule has 1 unspecified atom stereocenters. The van der Waals surface area contributed by atoms with Crippen molar-refractivity contribution in [3.05, 3.63) is 53.0 Å². The summed E-state index contributed by atoms with van der Waals surface area (Å²) in [5.41, 5.74) is 7.13. The predicted molar refractivity (Wildman–Crippen MR) is 114 cm³/mol. The van der Waals surface area contributed by atoms with Crippen molar-refractivity contribution in [3.8, 4) is 11.3 Å². The number of halogens is 1. The Labute approximate surface area is 185 Å². The van der Waals surface area contributed by atoms with Crippen molar-refractivity contribution in [2.45, 2.75) is 51.8 Å². The van der Waals surface area contributed by atoms with Crippen molar-refractivity contribution in [2.75, 3.05) is 6.61 Å². The molecule has 1 aliphatic heterocycles. The fourth-order valence-electron chi connectivity index (χ4n) is 3.66. The summed E-state index contributed by atoms with van der Waals surface area (Å²) in [6.45, 7) is 1.93. The Balaban J connectivity index is 1.77. The summed E-state index contributed by atoms with van der Waals surface area (Å²) in [6.07, 6.45) is 3.07. The SMILES string of the molecule is CCCCOC(=O)CCC(C(N)=O)N1Cc2cc(-c3nccc(CO)c3F)ccc2C1=O. The molecular formula is C23H26FN3O5. The summed E-state index contributed by atoms with van der Waals surface area (Å²) in [6, 6.07) is 5.18. The van der Waals surface area contributed by atoms with Crippen LogP contribution in [0, 0.1) is 5.82 Å². The molecule has 2 heterocycles. The van der Waals surface area contributed by atoms with E-state index in [2.05, 4.69) is 4.98 Å². The number of amides is 2. The Kier molecular flexibility index (Phi) is 7.53. The van der Waals surface area contributed by atoms with Gasteiger partial charge >= 0.3 is 5.97 Å². The molecule has 1 aromatic heterocycles. The van der Waals surface area contributed by atoms with Crippen LogP contribution >= 0.6 is 0 Å². The molecule has 0 radical (unpaired) electrons. The third-order valence-corrected chi connectivity index (χ3v) is 5.44. The maximum atomic E-state index is 14.6. The van der Waals surface area contributed by atoms with Crippen molar-refractivity contribution in [2.24, 2.45) is 5.73 Å². The average Bonchev–Trinajstić information content (AvgIpc) is 3.09. The number of nitrogens with zero attached hydrogens (tertiary/aromatic N) is 2. The van der Waals surface area contributed by atoms with Gasteiger partial charge in [-0.25, -0.2) is 4.39 Å². The number of fused-ring (bicyclic) bond motifs is 1. The Hall–Kier alpha value is -3.33. The molecule has 1 aromatic carbocycles. The number of aromatic nitrogens is 1. The van der Waals surface area contributed by atoms with Crippen LogP contribution in [0.25, 0.3) is 11.3 Å². The number of pyridine rings is 1. The highest BCUT2D eigenvalue weighted by Crippen LogP contribution is 2.31. The zero-order valence-electron chi connectivity index (χ0n) is 17.8. The van der Waals surface area contributed by atoms with Crippen molar-refractivity contribution in [1.82, 2.24) is 9.88 Å². The maximum absolute atomic E-state index is 14.6. The molecule has 0 spiro atoms. The van der Waals surface area contributed by atoms with Crippen LogP contribution in [0.1, 0.15) is 54.1 Å². The first kappa shape index (κ1) is 23.3. The first-order valence-electron chi connectivity index (χ1n) is 10.5. The van der Waals surface area contributed by atoms with Gasteiger partial charge < -0.3 is 20.5 Å². The number of hydrogen-bond acceptors (Lipinski definition) is 6. The highest BCUT2D eigenvalue weighted by atomic mass is 19.1. The molecule has 0 fully saturated rings. The van der Waals surface area contributed by atoms with E-state index < -0.39 is 30.3 Å². The van der Waals surface area contributed by atoms with E-state index in [0.29, 0.717) is 23.3 Å². The van der Waals surface area contributed by atoms with Gasteiger partial charge in [-0.2, -0.15) is 0 Å². The second kappa shape index (κ2) is 10.3. The van der Waals surface area contributed by atoms with Gasteiger partial charge in [0.25, 0.3) is 5.91 Å². The van der Waals surface area contributed by atoms with Crippen LogP contribution < -0.4 is 5.73 Å². The Bertz CT molecular complexity index is 1030. The number of esters is 1. The number of primary amides is 1. The lowest BCUT2D eigenvalue weighted by atomic mass is 10.0. The summed E-state index contributed by atoms with van der Waals surface area (Å²) in [4.78, 5) is 42.2. The van der Waals surface area contributed by atoms with Gasteiger partial charge in [-0.3, -0.25) is 19.4 Å². The van der Waals surface area contributed by atoms with Crippen LogP contribution in [0.15, 0.2) is 30.5 Å². The number of unbranched alkanes of at least 4 members (excludes halogenated alkanes) is 1. The van der Waals surface area contributed by atoms with Gasteiger partial charge in [0, 0.05) is 35.9 Å². The third-order valence-electron chi connectivity index (χ3n) is 5.44. The number of benzene rings is 1. The molecule has 32 heavy (non-hydrogen) atoms.